The number of carbonyl (C=O) groups is 1. The summed E-state index contributed by atoms with van der Waals surface area (Å²) in [5.74, 6) is 0.876. The summed E-state index contributed by atoms with van der Waals surface area (Å²) in [5, 5.41) is 5.70. The van der Waals surface area contributed by atoms with E-state index in [1.807, 2.05) is 42.5 Å². The number of pyridine rings is 1. The van der Waals surface area contributed by atoms with Crippen molar-refractivity contribution in [3.8, 4) is 0 Å². The Balaban J connectivity index is 1.43. The molecule has 142 valence electrons. The number of aryl methyl sites for hydroxylation is 1. The predicted octanol–water partition coefficient (Wildman–Crippen LogP) is 4.44. The molecule has 0 unspecified atom stereocenters. The summed E-state index contributed by atoms with van der Waals surface area (Å²) in [5.41, 5.74) is 2.73. The second-order valence-electron chi connectivity index (χ2n) is 6.44. The van der Waals surface area contributed by atoms with Crippen molar-refractivity contribution in [2.45, 2.75) is 25.9 Å². The van der Waals surface area contributed by atoms with Crippen LogP contribution in [0.25, 0.3) is 11.2 Å². The zero-order valence-corrected chi connectivity index (χ0v) is 16.7. The average molecular weight is 411 g/mol. The Morgan fingerprint density at radius 1 is 1.14 bits per heavy atom. The van der Waals surface area contributed by atoms with Gasteiger partial charge in [-0.3, -0.25) is 4.79 Å². The van der Waals surface area contributed by atoms with Crippen LogP contribution in [0.2, 0.25) is 5.02 Å². The molecule has 0 fully saturated rings. The van der Waals surface area contributed by atoms with Gasteiger partial charge in [0.1, 0.15) is 11.3 Å². The number of hydrogen-bond acceptors (Lipinski definition) is 4. The van der Waals surface area contributed by atoms with Crippen LogP contribution < -0.4 is 5.32 Å². The first-order valence-electron chi connectivity index (χ1n) is 9.03. The third-order valence-electron chi connectivity index (χ3n) is 4.46. The standard InChI is InChI=1S/C21H19ClN4OS/c22-16-7-5-15(6-8-16)13-24-20(27)10-9-19-25-18-4-1-11-23-21(18)26(19)14-17-3-2-12-28-17/h1-8,11-12H,9-10,13-14H2,(H,24,27). The lowest BCUT2D eigenvalue weighted by Gasteiger charge is -2.08. The second-order valence-corrected chi connectivity index (χ2v) is 7.91. The molecule has 5 nitrogen and oxygen atoms in total. The van der Waals surface area contributed by atoms with E-state index in [2.05, 4.69) is 26.3 Å². The maximum atomic E-state index is 12.3. The lowest BCUT2D eigenvalue weighted by Crippen LogP contribution is -2.23. The number of halogens is 1. The Morgan fingerprint density at radius 3 is 2.79 bits per heavy atom. The van der Waals surface area contributed by atoms with Crippen LogP contribution in [-0.4, -0.2) is 20.4 Å². The van der Waals surface area contributed by atoms with Gasteiger partial charge in [0.2, 0.25) is 5.91 Å². The van der Waals surface area contributed by atoms with Crippen molar-refractivity contribution >= 4 is 40.0 Å². The molecule has 3 aromatic heterocycles. The SMILES string of the molecule is O=C(CCc1nc2cccnc2n1Cc1cccs1)NCc1ccc(Cl)cc1. The van der Waals surface area contributed by atoms with Crippen LogP contribution in [0.1, 0.15) is 22.7 Å². The topological polar surface area (TPSA) is 59.8 Å². The summed E-state index contributed by atoms with van der Waals surface area (Å²) in [6, 6.07) is 15.4. The van der Waals surface area contributed by atoms with Gasteiger partial charge in [0, 0.05) is 35.5 Å². The van der Waals surface area contributed by atoms with Gasteiger partial charge in [-0.15, -0.1) is 11.3 Å². The summed E-state index contributed by atoms with van der Waals surface area (Å²) < 4.78 is 2.10. The Bertz CT molecular complexity index is 1070. The van der Waals surface area contributed by atoms with E-state index in [-0.39, 0.29) is 5.91 Å². The minimum atomic E-state index is -0.00219. The maximum Gasteiger partial charge on any atom is 0.220 e. The lowest BCUT2D eigenvalue weighted by atomic mass is 10.2. The molecule has 0 saturated heterocycles. The van der Waals surface area contributed by atoms with E-state index in [0.29, 0.717) is 31.0 Å². The van der Waals surface area contributed by atoms with Crippen LogP contribution in [-0.2, 0) is 24.3 Å². The highest BCUT2D eigenvalue weighted by atomic mass is 35.5. The van der Waals surface area contributed by atoms with Gasteiger partial charge in [-0.05, 0) is 41.3 Å². The van der Waals surface area contributed by atoms with E-state index in [4.69, 9.17) is 16.6 Å². The first-order chi connectivity index (χ1) is 13.7. The van der Waals surface area contributed by atoms with E-state index >= 15 is 0 Å². The van der Waals surface area contributed by atoms with Gasteiger partial charge in [-0.2, -0.15) is 0 Å². The number of amides is 1. The van der Waals surface area contributed by atoms with Crippen LogP contribution in [0, 0.1) is 0 Å². The number of imidazole rings is 1. The van der Waals surface area contributed by atoms with Crippen LogP contribution in [0.5, 0.6) is 0 Å². The molecule has 4 rings (SSSR count). The van der Waals surface area contributed by atoms with Gasteiger partial charge in [-0.1, -0.05) is 29.8 Å². The van der Waals surface area contributed by atoms with Crippen molar-refractivity contribution in [1.29, 1.82) is 0 Å². The monoisotopic (exact) mass is 410 g/mol. The number of aromatic nitrogens is 3. The molecule has 0 bridgehead atoms. The summed E-state index contributed by atoms with van der Waals surface area (Å²) in [6.45, 7) is 1.20. The van der Waals surface area contributed by atoms with Crippen molar-refractivity contribution in [2.24, 2.45) is 0 Å². The van der Waals surface area contributed by atoms with Gasteiger partial charge in [0.25, 0.3) is 0 Å². The Labute approximate surface area is 172 Å². The number of nitrogens with one attached hydrogen (secondary N) is 1. The summed E-state index contributed by atoms with van der Waals surface area (Å²) in [7, 11) is 0. The lowest BCUT2D eigenvalue weighted by molar-refractivity contribution is -0.121. The molecular weight excluding hydrogens is 392 g/mol. The number of nitrogens with zero attached hydrogens (tertiary/aromatic N) is 3. The van der Waals surface area contributed by atoms with Crippen molar-refractivity contribution in [1.82, 2.24) is 19.9 Å². The van der Waals surface area contributed by atoms with Crippen molar-refractivity contribution in [3.05, 3.63) is 81.4 Å². The molecule has 0 aliphatic heterocycles. The molecule has 1 amide bonds. The van der Waals surface area contributed by atoms with E-state index in [1.165, 1.54) is 4.88 Å². The fourth-order valence-electron chi connectivity index (χ4n) is 3.04. The van der Waals surface area contributed by atoms with E-state index in [9.17, 15) is 4.79 Å². The highest BCUT2D eigenvalue weighted by Gasteiger charge is 2.14. The van der Waals surface area contributed by atoms with Crippen molar-refractivity contribution in [2.75, 3.05) is 0 Å². The molecule has 0 aliphatic carbocycles. The molecule has 0 saturated carbocycles. The number of fused-ring (bicyclic) bond motifs is 1. The largest absolute Gasteiger partial charge is 0.352 e. The van der Waals surface area contributed by atoms with Gasteiger partial charge >= 0.3 is 0 Å². The van der Waals surface area contributed by atoms with E-state index in [0.717, 1.165) is 22.6 Å². The highest BCUT2D eigenvalue weighted by Crippen LogP contribution is 2.19. The molecule has 0 aliphatic rings. The molecule has 1 aromatic carbocycles. The Hall–Kier alpha value is -2.70. The van der Waals surface area contributed by atoms with Crippen LogP contribution in [0.15, 0.2) is 60.1 Å². The third kappa shape index (κ3) is 4.40. The van der Waals surface area contributed by atoms with E-state index in [1.54, 1.807) is 17.5 Å². The van der Waals surface area contributed by atoms with Gasteiger partial charge < -0.3 is 9.88 Å². The predicted molar refractivity (Wildman–Crippen MR) is 113 cm³/mol. The number of thiophene rings is 1. The zero-order valence-electron chi connectivity index (χ0n) is 15.1. The number of carbonyl (C=O) groups excluding carboxylic acids is 1. The van der Waals surface area contributed by atoms with Crippen LogP contribution in [0.4, 0.5) is 0 Å². The molecule has 1 N–H and O–H groups in total. The summed E-state index contributed by atoms with van der Waals surface area (Å²) in [6.07, 6.45) is 2.72. The van der Waals surface area contributed by atoms with Crippen LogP contribution in [0.3, 0.4) is 0 Å². The van der Waals surface area contributed by atoms with Crippen LogP contribution >= 0.6 is 22.9 Å². The number of rotatable bonds is 7. The number of hydrogen-bond donors (Lipinski definition) is 1. The molecule has 7 heteroatoms. The quantitative estimate of drug-likeness (QED) is 0.490. The Morgan fingerprint density at radius 2 is 2.00 bits per heavy atom. The fourth-order valence-corrected chi connectivity index (χ4v) is 3.86. The minimum absolute atomic E-state index is 0.00219. The maximum absolute atomic E-state index is 12.3. The molecule has 0 atom stereocenters. The molecule has 0 spiro atoms. The summed E-state index contributed by atoms with van der Waals surface area (Å²) in [4.78, 5) is 22.7. The third-order valence-corrected chi connectivity index (χ3v) is 5.57. The highest BCUT2D eigenvalue weighted by molar-refractivity contribution is 7.09. The average Bonchev–Trinajstić information content (AvgIpc) is 3.34. The van der Waals surface area contributed by atoms with Gasteiger partial charge in [-0.25, -0.2) is 9.97 Å². The van der Waals surface area contributed by atoms with E-state index < -0.39 is 0 Å². The molecule has 28 heavy (non-hydrogen) atoms. The first-order valence-corrected chi connectivity index (χ1v) is 10.3. The molecular formula is C21H19ClN4OS. The van der Waals surface area contributed by atoms with Gasteiger partial charge in [0.05, 0.1) is 6.54 Å². The molecule has 4 aromatic rings. The van der Waals surface area contributed by atoms with Gasteiger partial charge in [0.15, 0.2) is 5.65 Å². The fraction of sp³-hybridized carbons (Fsp3) is 0.190. The first kappa shape index (κ1) is 18.7. The second kappa shape index (κ2) is 8.54. The zero-order chi connectivity index (χ0) is 19.3. The van der Waals surface area contributed by atoms with Crippen molar-refractivity contribution < 1.29 is 4.79 Å². The molecule has 3 heterocycles. The smallest absolute Gasteiger partial charge is 0.220 e. The summed E-state index contributed by atoms with van der Waals surface area (Å²) >= 11 is 7.59. The normalized spacial score (nSPS) is 11.0. The Kier molecular flexibility index (Phi) is 5.69. The minimum Gasteiger partial charge on any atom is -0.352 e. The molecule has 0 radical (unpaired) electrons. The number of benzene rings is 1. The van der Waals surface area contributed by atoms with Crippen molar-refractivity contribution in [3.63, 3.8) is 0 Å².